The lowest BCUT2D eigenvalue weighted by Gasteiger charge is -2.36. The Morgan fingerprint density at radius 2 is 1.95 bits per heavy atom. The maximum Gasteiger partial charge on any atom is 0.136 e. The van der Waals surface area contributed by atoms with Crippen molar-refractivity contribution in [3.8, 4) is 0 Å². The van der Waals surface area contributed by atoms with Crippen LogP contribution in [0.4, 0.5) is 11.6 Å². The van der Waals surface area contributed by atoms with Gasteiger partial charge in [-0.15, -0.1) is 0 Å². The minimum absolute atomic E-state index is 0.432. The highest BCUT2D eigenvalue weighted by Gasteiger charge is 2.30. The highest BCUT2D eigenvalue weighted by atomic mass is 15.1. The maximum atomic E-state index is 6.05. The van der Waals surface area contributed by atoms with Crippen LogP contribution in [0.3, 0.4) is 0 Å². The molecule has 110 valence electrons. The molecule has 2 fully saturated rings. The summed E-state index contributed by atoms with van der Waals surface area (Å²) in [6.07, 6.45) is 7.46. The second-order valence-electron chi connectivity index (χ2n) is 7.32. The number of nitrogen functional groups attached to an aromatic ring is 1. The van der Waals surface area contributed by atoms with Crippen molar-refractivity contribution in [3.63, 3.8) is 0 Å². The summed E-state index contributed by atoms with van der Waals surface area (Å²) < 4.78 is 0. The average Bonchev–Trinajstić information content (AvgIpc) is 3.17. The molecule has 2 aliphatic carbocycles. The highest BCUT2D eigenvalue weighted by molar-refractivity contribution is 5.55. The molecule has 3 N–H and O–H groups in total. The van der Waals surface area contributed by atoms with E-state index >= 15 is 0 Å². The Hall–Kier alpha value is -1.32. The molecular weight excluding hydrogens is 248 g/mol. The molecule has 1 aromatic heterocycles. The molecule has 1 aromatic rings. The molecule has 4 heteroatoms. The van der Waals surface area contributed by atoms with Crippen molar-refractivity contribution in [1.29, 1.82) is 0 Å². The van der Waals surface area contributed by atoms with Crippen LogP contribution >= 0.6 is 0 Å². The fraction of sp³-hybridized carbons (Fsp3) is 0.750. The van der Waals surface area contributed by atoms with E-state index in [4.69, 9.17) is 10.7 Å². The summed E-state index contributed by atoms with van der Waals surface area (Å²) in [6, 6.07) is 0.513. The summed E-state index contributed by atoms with van der Waals surface area (Å²) in [6.45, 7) is 6.73. The first-order chi connectivity index (χ1) is 9.44. The molecule has 0 aliphatic heterocycles. The van der Waals surface area contributed by atoms with Crippen molar-refractivity contribution in [2.24, 2.45) is 5.41 Å². The topological polar surface area (TPSA) is 63.8 Å². The van der Waals surface area contributed by atoms with Crippen LogP contribution in [0.5, 0.6) is 0 Å². The summed E-state index contributed by atoms with van der Waals surface area (Å²) >= 11 is 0. The number of nitrogens with zero attached hydrogens (tertiary/aromatic N) is 2. The normalized spacial score (nSPS) is 25.4. The van der Waals surface area contributed by atoms with Crippen molar-refractivity contribution >= 4 is 11.6 Å². The predicted molar refractivity (Wildman–Crippen MR) is 82.8 cm³/mol. The monoisotopic (exact) mass is 274 g/mol. The molecule has 0 radical (unpaired) electrons. The van der Waals surface area contributed by atoms with Gasteiger partial charge in [-0.25, -0.2) is 9.97 Å². The molecule has 0 spiro atoms. The third-order valence-electron chi connectivity index (χ3n) is 4.69. The molecule has 2 aliphatic rings. The van der Waals surface area contributed by atoms with Crippen molar-refractivity contribution in [3.05, 3.63) is 11.4 Å². The molecule has 0 amide bonds. The van der Waals surface area contributed by atoms with E-state index in [-0.39, 0.29) is 0 Å². The Morgan fingerprint density at radius 1 is 1.20 bits per heavy atom. The lowest BCUT2D eigenvalue weighted by molar-refractivity contribution is 0.229. The first-order valence-corrected chi connectivity index (χ1v) is 7.85. The summed E-state index contributed by atoms with van der Waals surface area (Å²) in [7, 11) is 0. The van der Waals surface area contributed by atoms with E-state index in [0.29, 0.717) is 23.2 Å². The highest BCUT2D eigenvalue weighted by Crippen LogP contribution is 2.40. The summed E-state index contributed by atoms with van der Waals surface area (Å²) in [5.74, 6) is 3.08. The Kier molecular flexibility index (Phi) is 3.35. The first kappa shape index (κ1) is 13.7. The van der Waals surface area contributed by atoms with Gasteiger partial charge in [0.25, 0.3) is 0 Å². The Balaban J connectivity index is 1.79. The van der Waals surface area contributed by atoms with Gasteiger partial charge in [0.2, 0.25) is 0 Å². The van der Waals surface area contributed by atoms with E-state index in [1.165, 1.54) is 38.5 Å². The molecular formula is C16H26N4. The van der Waals surface area contributed by atoms with Gasteiger partial charge in [-0.2, -0.15) is 0 Å². The predicted octanol–water partition coefficient (Wildman–Crippen LogP) is 3.63. The van der Waals surface area contributed by atoms with Crippen LogP contribution in [-0.2, 0) is 0 Å². The molecule has 2 saturated carbocycles. The minimum Gasteiger partial charge on any atom is -0.383 e. The third-order valence-corrected chi connectivity index (χ3v) is 4.69. The van der Waals surface area contributed by atoms with Crippen LogP contribution < -0.4 is 11.1 Å². The van der Waals surface area contributed by atoms with E-state index in [9.17, 15) is 0 Å². The number of nitrogens with one attached hydrogen (secondary N) is 1. The van der Waals surface area contributed by atoms with Crippen molar-refractivity contribution in [2.75, 3.05) is 11.1 Å². The van der Waals surface area contributed by atoms with Gasteiger partial charge in [-0.1, -0.05) is 20.3 Å². The second-order valence-corrected chi connectivity index (χ2v) is 7.32. The second kappa shape index (κ2) is 4.90. The van der Waals surface area contributed by atoms with E-state index in [1.54, 1.807) is 0 Å². The van der Waals surface area contributed by atoms with Gasteiger partial charge in [0, 0.05) is 17.5 Å². The lowest BCUT2D eigenvalue weighted by atomic mass is 9.75. The molecule has 1 atom stereocenters. The fourth-order valence-corrected chi connectivity index (χ4v) is 3.23. The minimum atomic E-state index is 0.432. The molecule has 0 bridgehead atoms. The number of aromatic nitrogens is 2. The molecule has 4 nitrogen and oxygen atoms in total. The van der Waals surface area contributed by atoms with Crippen LogP contribution in [0, 0.1) is 12.3 Å². The van der Waals surface area contributed by atoms with Crippen LogP contribution in [0.25, 0.3) is 0 Å². The van der Waals surface area contributed by atoms with Crippen molar-refractivity contribution in [2.45, 2.75) is 71.3 Å². The van der Waals surface area contributed by atoms with Gasteiger partial charge in [-0.05, 0) is 44.4 Å². The van der Waals surface area contributed by atoms with Gasteiger partial charge < -0.3 is 11.1 Å². The molecule has 20 heavy (non-hydrogen) atoms. The van der Waals surface area contributed by atoms with Crippen molar-refractivity contribution < 1.29 is 0 Å². The largest absolute Gasteiger partial charge is 0.383 e. The molecule has 0 saturated heterocycles. The standard InChI is InChI=1S/C16H26N4/c1-10-13(17)19-15(11-6-7-11)20-14(10)18-12-5-4-8-16(2,3)9-12/h11-12H,4-9H2,1-3H3,(H3,17,18,19,20). The fourth-order valence-electron chi connectivity index (χ4n) is 3.23. The molecule has 1 unspecified atom stereocenters. The average molecular weight is 274 g/mol. The zero-order chi connectivity index (χ0) is 14.3. The van der Waals surface area contributed by atoms with Crippen LogP contribution in [-0.4, -0.2) is 16.0 Å². The Bertz CT molecular complexity index is 505. The van der Waals surface area contributed by atoms with Crippen molar-refractivity contribution in [1.82, 2.24) is 9.97 Å². The summed E-state index contributed by atoms with van der Waals surface area (Å²) in [5.41, 5.74) is 7.48. The molecule has 0 aromatic carbocycles. The third kappa shape index (κ3) is 2.89. The van der Waals surface area contributed by atoms with Gasteiger partial charge >= 0.3 is 0 Å². The quantitative estimate of drug-likeness (QED) is 0.883. The van der Waals surface area contributed by atoms with E-state index in [1.807, 2.05) is 6.92 Å². The Morgan fingerprint density at radius 3 is 2.60 bits per heavy atom. The zero-order valence-corrected chi connectivity index (χ0v) is 12.9. The van der Waals surface area contributed by atoms with Crippen LogP contribution in [0.1, 0.15) is 69.7 Å². The molecule has 3 rings (SSSR count). The Labute approximate surface area is 121 Å². The first-order valence-electron chi connectivity index (χ1n) is 7.85. The van der Waals surface area contributed by atoms with Gasteiger partial charge in [-0.3, -0.25) is 0 Å². The van der Waals surface area contributed by atoms with Gasteiger partial charge in [0.1, 0.15) is 17.5 Å². The number of nitrogens with two attached hydrogens (primary N) is 1. The maximum absolute atomic E-state index is 6.05. The molecule has 1 heterocycles. The van der Waals surface area contributed by atoms with E-state index in [2.05, 4.69) is 24.1 Å². The smallest absolute Gasteiger partial charge is 0.136 e. The summed E-state index contributed by atoms with van der Waals surface area (Å²) in [5, 5.41) is 3.64. The van der Waals surface area contributed by atoms with E-state index < -0.39 is 0 Å². The van der Waals surface area contributed by atoms with Crippen LogP contribution in [0.2, 0.25) is 0 Å². The number of anilines is 2. The number of rotatable bonds is 3. The van der Waals surface area contributed by atoms with Gasteiger partial charge in [0.15, 0.2) is 0 Å². The zero-order valence-electron chi connectivity index (χ0n) is 12.9. The SMILES string of the molecule is Cc1c(N)nc(C2CC2)nc1NC1CCCC(C)(C)C1. The van der Waals surface area contributed by atoms with E-state index in [0.717, 1.165) is 17.2 Å². The number of hydrogen-bond donors (Lipinski definition) is 2. The lowest BCUT2D eigenvalue weighted by Crippen LogP contribution is -2.32. The van der Waals surface area contributed by atoms with Crippen LogP contribution in [0.15, 0.2) is 0 Å². The summed E-state index contributed by atoms with van der Waals surface area (Å²) in [4.78, 5) is 9.18. The number of hydrogen-bond acceptors (Lipinski definition) is 4. The van der Waals surface area contributed by atoms with Gasteiger partial charge in [0.05, 0.1) is 0 Å².